The summed E-state index contributed by atoms with van der Waals surface area (Å²) in [6.07, 6.45) is 11.9. The molecule has 0 radical (unpaired) electrons. The number of epoxide rings is 1. The first-order valence-electron chi connectivity index (χ1n) is 15.4. The van der Waals surface area contributed by atoms with E-state index >= 15 is 0 Å². The molecule has 0 aromatic rings. The Bertz CT molecular complexity index is 949. The highest BCUT2D eigenvalue weighted by Crippen LogP contribution is 2.71. The molecule has 3 aliphatic heterocycles. The summed E-state index contributed by atoms with van der Waals surface area (Å²) in [7, 11) is 0. The number of hydrogen-bond acceptors (Lipinski definition) is 5. The average Bonchev–Trinajstić information content (AvgIpc) is 3.11. The third-order valence-electron chi connectivity index (χ3n) is 12.6. The minimum atomic E-state index is -0.489. The molecule has 0 bridgehead atoms. The number of allylic oxidation sites excluding steroid dienone is 1. The molecule has 7 rings (SSSR count). The molecule has 5 nitrogen and oxygen atoms in total. The van der Waals surface area contributed by atoms with Crippen molar-refractivity contribution in [2.75, 3.05) is 13.2 Å². The second kappa shape index (κ2) is 8.28. The van der Waals surface area contributed by atoms with E-state index in [4.69, 9.17) is 23.7 Å². The fourth-order valence-electron chi connectivity index (χ4n) is 11.3. The molecule has 4 saturated carbocycles. The zero-order valence-corrected chi connectivity index (χ0v) is 24.3. The van der Waals surface area contributed by atoms with Gasteiger partial charge in [-0.3, -0.25) is 0 Å². The van der Waals surface area contributed by atoms with Crippen LogP contribution in [0.3, 0.4) is 0 Å². The fraction of sp³-hybridized carbons (Fsp3) is 0.938. The minimum Gasteiger partial charge on any atom is -0.365 e. The predicted molar refractivity (Wildman–Crippen MR) is 142 cm³/mol. The van der Waals surface area contributed by atoms with Crippen LogP contribution in [-0.4, -0.2) is 49.2 Å². The Hall–Kier alpha value is -0.460. The summed E-state index contributed by atoms with van der Waals surface area (Å²) in [5.74, 6) is 2.94. The van der Waals surface area contributed by atoms with Gasteiger partial charge in [0.05, 0.1) is 31.5 Å². The van der Waals surface area contributed by atoms with E-state index in [-0.39, 0.29) is 17.6 Å². The van der Waals surface area contributed by atoms with Gasteiger partial charge >= 0.3 is 0 Å². The second-order valence-corrected chi connectivity index (χ2v) is 15.2. The highest BCUT2D eigenvalue weighted by atomic mass is 16.8. The van der Waals surface area contributed by atoms with E-state index in [0.29, 0.717) is 41.3 Å². The zero-order chi connectivity index (χ0) is 26.0. The zero-order valence-electron chi connectivity index (χ0n) is 24.3. The Morgan fingerprint density at radius 2 is 1.57 bits per heavy atom. The summed E-state index contributed by atoms with van der Waals surface area (Å²) in [5.41, 5.74) is 1.92. The van der Waals surface area contributed by atoms with Crippen LogP contribution in [0.5, 0.6) is 0 Å². The Morgan fingerprint density at radius 3 is 2.30 bits per heavy atom. The van der Waals surface area contributed by atoms with Gasteiger partial charge in [-0.05, 0) is 107 Å². The molecular formula is C32H50O5. The van der Waals surface area contributed by atoms with Gasteiger partial charge in [-0.2, -0.15) is 0 Å². The first-order chi connectivity index (χ1) is 17.5. The monoisotopic (exact) mass is 514 g/mol. The maximum absolute atomic E-state index is 6.68. The van der Waals surface area contributed by atoms with Crippen LogP contribution in [0.15, 0.2) is 11.6 Å². The summed E-state index contributed by atoms with van der Waals surface area (Å²) in [4.78, 5) is 0. The third kappa shape index (κ3) is 3.73. The number of fused-ring (bicyclic) bond motifs is 7. The molecule has 3 heterocycles. The molecule has 3 saturated heterocycles. The van der Waals surface area contributed by atoms with Crippen molar-refractivity contribution < 1.29 is 23.7 Å². The van der Waals surface area contributed by atoms with Crippen molar-refractivity contribution in [3.05, 3.63) is 11.6 Å². The molecular weight excluding hydrogens is 464 g/mol. The smallest absolute Gasteiger partial charge is 0.172 e. The first-order valence-corrected chi connectivity index (χ1v) is 15.4. The standard InChI is InChI=1S/C32H50O5/c1-18(2)14-25-28(35-25)19(3)21-8-9-22-20-16-32(33-12-13-34-32)27-15-24-26(37-29(4,5)36-24)17-31(27,7)23(20)10-11-30(21,22)6/h14,19-28H,8-13,15-17H2,1-7H3/t19-,20?,21+,22?,23?,24-,25+,26+,27-,28+,30+,31+/m0/s1. The summed E-state index contributed by atoms with van der Waals surface area (Å²) in [5, 5.41) is 0. The van der Waals surface area contributed by atoms with Gasteiger partial charge in [0.15, 0.2) is 11.6 Å². The molecule has 7 fully saturated rings. The molecule has 0 aromatic carbocycles. The van der Waals surface area contributed by atoms with Crippen molar-refractivity contribution in [3.63, 3.8) is 0 Å². The fourth-order valence-corrected chi connectivity index (χ4v) is 11.3. The van der Waals surface area contributed by atoms with Crippen LogP contribution in [0.2, 0.25) is 0 Å². The molecule has 0 aromatic heterocycles. The van der Waals surface area contributed by atoms with Crippen LogP contribution in [0.4, 0.5) is 0 Å². The highest BCUT2D eigenvalue weighted by molar-refractivity contribution is 5.17. The first kappa shape index (κ1) is 25.5. The van der Waals surface area contributed by atoms with Crippen molar-refractivity contribution in [1.29, 1.82) is 0 Å². The minimum absolute atomic E-state index is 0.159. The van der Waals surface area contributed by atoms with Gasteiger partial charge in [-0.15, -0.1) is 0 Å². The summed E-state index contributed by atoms with van der Waals surface area (Å²) in [6, 6.07) is 0. The third-order valence-corrected chi connectivity index (χ3v) is 12.6. The van der Waals surface area contributed by atoms with Gasteiger partial charge in [0.1, 0.15) is 6.10 Å². The Labute approximate surface area is 224 Å². The largest absolute Gasteiger partial charge is 0.365 e. The van der Waals surface area contributed by atoms with E-state index in [9.17, 15) is 0 Å². The Kier molecular flexibility index (Phi) is 5.71. The second-order valence-electron chi connectivity index (χ2n) is 15.2. The van der Waals surface area contributed by atoms with Crippen molar-refractivity contribution in [1.82, 2.24) is 0 Å². The molecule has 1 spiro atoms. The average molecular weight is 515 g/mol. The van der Waals surface area contributed by atoms with Gasteiger partial charge in [0, 0.05) is 12.3 Å². The van der Waals surface area contributed by atoms with E-state index in [1.54, 1.807) is 0 Å². The van der Waals surface area contributed by atoms with Crippen molar-refractivity contribution in [3.8, 4) is 0 Å². The maximum Gasteiger partial charge on any atom is 0.172 e. The topological polar surface area (TPSA) is 49.5 Å². The van der Waals surface area contributed by atoms with Crippen LogP contribution in [0.1, 0.15) is 93.4 Å². The van der Waals surface area contributed by atoms with Gasteiger partial charge < -0.3 is 23.7 Å². The molecule has 3 unspecified atom stereocenters. The van der Waals surface area contributed by atoms with Crippen molar-refractivity contribution >= 4 is 0 Å². The lowest BCUT2D eigenvalue weighted by molar-refractivity contribution is -0.300. The van der Waals surface area contributed by atoms with Gasteiger partial charge in [-0.1, -0.05) is 32.4 Å². The summed E-state index contributed by atoms with van der Waals surface area (Å²) < 4.78 is 32.5. The lowest BCUT2D eigenvalue weighted by atomic mass is 9.42. The van der Waals surface area contributed by atoms with Gasteiger partial charge in [0.2, 0.25) is 0 Å². The van der Waals surface area contributed by atoms with E-state index in [1.807, 2.05) is 0 Å². The van der Waals surface area contributed by atoms with E-state index in [0.717, 1.165) is 44.3 Å². The van der Waals surface area contributed by atoms with Crippen LogP contribution in [0, 0.1) is 46.3 Å². The van der Waals surface area contributed by atoms with Crippen LogP contribution < -0.4 is 0 Å². The normalized spacial score (nSPS) is 53.6. The lowest BCUT2D eigenvalue weighted by Gasteiger charge is -2.65. The molecule has 7 aliphatic rings. The summed E-state index contributed by atoms with van der Waals surface area (Å²) in [6.45, 7) is 17.7. The molecule has 0 amide bonds. The van der Waals surface area contributed by atoms with Crippen molar-refractivity contribution in [2.24, 2.45) is 46.3 Å². The Morgan fingerprint density at radius 1 is 0.865 bits per heavy atom. The van der Waals surface area contributed by atoms with Crippen LogP contribution in [-0.2, 0) is 23.7 Å². The highest BCUT2D eigenvalue weighted by Gasteiger charge is 2.70. The van der Waals surface area contributed by atoms with E-state index in [2.05, 4.69) is 54.5 Å². The maximum atomic E-state index is 6.68. The lowest BCUT2D eigenvalue weighted by Crippen LogP contribution is -2.65. The van der Waals surface area contributed by atoms with E-state index in [1.165, 1.54) is 31.3 Å². The van der Waals surface area contributed by atoms with Crippen molar-refractivity contribution in [2.45, 2.75) is 129 Å². The quantitative estimate of drug-likeness (QED) is 0.318. The Balaban J connectivity index is 1.18. The SMILES string of the molecule is CC(C)=C[C@H]1O[C@@H]1[C@@H](C)[C@H]1CCC2C3CC4(OCCO4)[C@H]4C[C@@H]5OC(C)(C)O[C@@H]5C[C@]4(C)C3CC[C@@]21C. The van der Waals surface area contributed by atoms with Gasteiger partial charge in [0.25, 0.3) is 0 Å². The molecule has 0 N–H and O–H groups in total. The van der Waals surface area contributed by atoms with Crippen LogP contribution >= 0.6 is 0 Å². The molecule has 12 atom stereocenters. The predicted octanol–water partition coefficient (Wildman–Crippen LogP) is 6.50. The molecule has 208 valence electrons. The molecule has 37 heavy (non-hydrogen) atoms. The van der Waals surface area contributed by atoms with Crippen LogP contribution in [0.25, 0.3) is 0 Å². The number of rotatable bonds is 3. The van der Waals surface area contributed by atoms with Gasteiger partial charge in [-0.25, -0.2) is 0 Å². The molecule has 4 aliphatic carbocycles. The number of ether oxygens (including phenoxy) is 5. The van der Waals surface area contributed by atoms with E-state index < -0.39 is 11.6 Å². The number of hydrogen-bond donors (Lipinski definition) is 0. The molecule has 5 heteroatoms. The summed E-state index contributed by atoms with van der Waals surface area (Å²) >= 11 is 0.